The molecule has 0 saturated carbocycles. The van der Waals surface area contributed by atoms with E-state index >= 15 is 0 Å². The second kappa shape index (κ2) is 6.37. The quantitative estimate of drug-likeness (QED) is 0.927. The van der Waals surface area contributed by atoms with Gasteiger partial charge in [0.1, 0.15) is 0 Å². The highest BCUT2D eigenvalue weighted by Crippen LogP contribution is 2.29. The van der Waals surface area contributed by atoms with Gasteiger partial charge in [0.25, 0.3) is 5.91 Å². The highest BCUT2D eigenvalue weighted by molar-refractivity contribution is 5.94. The predicted octanol–water partition coefficient (Wildman–Crippen LogP) is 2.30. The van der Waals surface area contributed by atoms with Gasteiger partial charge in [0.2, 0.25) is 5.91 Å². The van der Waals surface area contributed by atoms with Gasteiger partial charge in [0.05, 0.1) is 5.56 Å². The summed E-state index contributed by atoms with van der Waals surface area (Å²) >= 11 is 0. The van der Waals surface area contributed by atoms with Gasteiger partial charge in [-0.05, 0) is 31.2 Å². The molecular formula is C15H17F3N2O2. The van der Waals surface area contributed by atoms with Gasteiger partial charge in [-0.2, -0.15) is 13.2 Å². The van der Waals surface area contributed by atoms with Crippen LogP contribution in [0.15, 0.2) is 24.3 Å². The van der Waals surface area contributed by atoms with Gasteiger partial charge in [0, 0.05) is 37.5 Å². The summed E-state index contributed by atoms with van der Waals surface area (Å²) in [5.74, 6) is -0.321. The topological polar surface area (TPSA) is 49.4 Å². The minimum atomic E-state index is -4.41. The van der Waals surface area contributed by atoms with Crippen molar-refractivity contribution < 1.29 is 22.8 Å². The number of nitrogens with zero attached hydrogens (tertiary/aromatic N) is 1. The van der Waals surface area contributed by atoms with E-state index in [1.807, 2.05) is 6.92 Å². The molecule has 2 rings (SSSR count). The van der Waals surface area contributed by atoms with E-state index in [2.05, 4.69) is 5.32 Å². The Labute approximate surface area is 126 Å². The SMILES string of the molecule is CCN1C[C@@H](CNC(=O)c2ccc(C(F)(F)F)cc2)CC1=O. The van der Waals surface area contributed by atoms with Crippen molar-refractivity contribution >= 4 is 11.8 Å². The molecule has 0 aromatic heterocycles. The number of halogens is 3. The van der Waals surface area contributed by atoms with Gasteiger partial charge in [-0.15, -0.1) is 0 Å². The third-order valence-electron chi connectivity index (χ3n) is 3.70. The monoisotopic (exact) mass is 314 g/mol. The van der Waals surface area contributed by atoms with Crippen molar-refractivity contribution in [3.05, 3.63) is 35.4 Å². The Balaban J connectivity index is 1.89. The van der Waals surface area contributed by atoms with Gasteiger partial charge in [-0.1, -0.05) is 0 Å². The van der Waals surface area contributed by atoms with E-state index in [9.17, 15) is 22.8 Å². The molecule has 0 aliphatic carbocycles. The van der Waals surface area contributed by atoms with Crippen LogP contribution in [0.3, 0.4) is 0 Å². The summed E-state index contributed by atoms with van der Waals surface area (Å²) in [5.41, 5.74) is -0.617. The van der Waals surface area contributed by atoms with Crippen molar-refractivity contribution in [2.45, 2.75) is 19.5 Å². The molecule has 4 nitrogen and oxygen atoms in total. The van der Waals surface area contributed by atoms with E-state index in [0.29, 0.717) is 26.1 Å². The number of nitrogens with one attached hydrogen (secondary N) is 1. The number of alkyl halides is 3. The number of carbonyl (C=O) groups is 2. The van der Waals surface area contributed by atoms with Crippen LogP contribution in [0.4, 0.5) is 13.2 Å². The Hall–Kier alpha value is -2.05. The van der Waals surface area contributed by atoms with Crippen molar-refractivity contribution in [2.75, 3.05) is 19.6 Å². The molecule has 22 heavy (non-hydrogen) atoms. The Morgan fingerprint density at radius 1 is 1.32 bits per heavy atom. The number of amides is 2. The largest absolute Gasteiger partial charge is 0.416 e. The summed E-state index contributed by atoms with van der Waals surface area (Å²) in [6.07, 6.45) is -4.02. The molecule has 120 valence electrons. The summed E-state index contributed by atoms with van der Waals surface area (Å²) in [5, 5.41) is 2.67. The second-order valence-electron chi connectivity index (χ2n) is 5.29. The molecule has 7 heteroatoms. The summed E-state index contributed by atoms with van der Waals surface area (Å²) < 4.78 is 37.3. The highest BCUT2D eigenvalue weighted by atomic mass is 19.4. The Morgan fingerprint density at radius 2 is 1.95 bits per heavy atom. The minimum Gasteiger partial charge on any atom is -0.352 e. The average molecular weight is 314 g/mol. The molecule has 0 bridgehead atoms. The van der Waals surface area contributed by atoms with Crippen LogP contribution in [-0.2, 0) is 11.0 Å². The van der Waals surface area contributed by atoms with Crippen LogP contribution in [0.25, 0.3) is 0 Å². The molecule has 1 heterocycles. The van der Waals surface area contributed by atoms with Crippen LogP contribution in [0.1, 0.15) is 29.3 Å². The molecule has 1 atom stereocenters. The highest BCUT2D eigenvalue weighted by Gasteiger charge is 2.30. The van der Waals surface area contributed by atoms with Gasteiger partial charge >= 0.3 is 6.18 Å². The molecule has 2 amide bonds. The van der Waals surface area contributed by atoms with Gasteiger partial charge in [-0.25, -0.2) is 0 Å². The van der Waals surface area contributed by atoms with Gasteiger partial charge in [0.15, 0.2) is 0 Å². The fourth-order valence-electron chi connectivity index (χ4n) is 2.45. The first-order valence-electron chi connectivity index (χ1n) is 7.04. The molecule has 1 fully saturated rings. The number of benzene rings is 1. The lowest BCUT2D eigenvalue weighted by Crippen LogP contribution is -2.31. The minimum absolute atomic E-state index is 0.0471. The van der Waals surface area contributed by atoms with E-state index in [-0.39, 0.29) is 17.4 Å². The molecule has 1 aromatic rings. The van der Waals surface area contributed by atoms with E-state index in [1.54, 1.807) is 4.90 Å². The van der Waals surface area contributed by atoms with Gasteiger partial charge < -0.3 is 10.2 Å². The van der Waals surface area contributed by atoms with Crippen molar-refractivity contribution in [1.82, 2.24) is 10.2 Å². The van der Waals surface area contributed by atoms with Crippen LogP contribution in [0, 0.1) is 5.92 Å². The maximum absolute atomic E-state index is 12.4. The standard InChI is InChI=1S/C15H17F3N2O2/c1-2-20-9-10(7-13(20)21)8-19-14(22)11-3-5-12(6-4-11)15(16,17)18/h3-6,10H,2,7-9H2,1H3,(H,19,22)/t10-/m1/s1. The lowest BCUT2D eigenvalue weighted by molar-refractivity contribution is -0.137. The molecule has 0 unspecified atom stereocenters. The van der Waals surface area contributed by atoms with Crippen LogP contribution >= 0.6 is 0 Å². The number of hydrogen-bond donors (Lipinski definition) is 1. The Bertz CT molecular complexity index is 555. The van der Waals surface area contributed by atoms with Crippen LogP contribution < -0.4 is 5.32 Å². The third kappa shape index (κ3) is 3.78. The van der Waals surface area contributed by atoms with Crippen molar-refractivity contribution in [1.29, 1.82) is 0 Å². The molecule has 1 saturated heterocycles. The molecule has 0 spiro atoms. The summed E-state index contributed by atoms with van der Waals surface area (Å²) in [6, 6.07) is 4.06. The maximum Gasteiger partial charge on any atom is 0.416 e. The average Bonchev–Trinajstić information content (AvgIpc) is 2.84. The first-order chi connectivity index (χ1) is 10.3. The zero-order valence-corrected chi connectivity index (χ0v) is 12.1. The van der Waals surface area contributed by atoms with Crippen LogP contribution in [-0.4, -0.2) is 36.3 Å². The first kappa shape index (κ1) is 16.3. The smallest absolute Gasteiger partial charge is 0.352 e. The van der Waals surface area contributed by atoms with Crippen molar-refractivity contribution in [2.24, 2.45) is 5.92 Å². The number of rotatable bonds is 4. The molecule has 1 aromatic carbocycles. The van der Waals surface area contributed by atoms with Crippen LogP contribution in [0.2, 0.25) is 0 Å². The van der Waals surface area contributed by atoms with E-state index in [1.165, 1.54) is 0 Å². The number of carbonyl (C=O) groups excluding carboxylic acids is 2. The van der Waals surface area contributed by atoms with E-state index in [0.717, 1.165) is 24.3 Å². The number of hydrogen-bond acceptors (Lipinski definition) is 2. The second-order valence-corrected chi connectivity index (χ2v) is 5.29. The third-order valence-corrected chi connectivity index (χ3v) is 3.70. The summed E-state index contributed by atoms with van der Waals surface area (Å²) in [6.45, 7) is 3.47. The van der Waals surface area contributed by atoms with Gasteiger partial charge in [-0.3, -0.25) is 9.59 Å². The molecule has 1 N–H and O–H groups in total. The maximum atomic E-state index is 12.4. The predicted molar refractivity (Wildman–Crippen MR) is 74.1 cm³/mol. The number of likely N-dealkylation sites (tertiary alicyclic amines) is 1. The molecule has 1 aliphatic heterocycles. The zero-order valence-electron chi connectivity index (χ0n) is 12.1. The first-order valence-corrected chi connectivity index (χ1v) is 7.04. The molecular weight excluding hydrogens is 297 g/mol. The fourth-order valence-corrected chi connectivity index (χ4v) is 2.45. The van der Waals surface area contributed by atoms with Crippen molar-refractivity contribution in [3.8, 4) is 0 Å². The molecule has 1 aliphatic rings. The van der Waals surface area contributed by atoms with E-state index in [4.69, 9.17) is 0 Å². The van der Waals surface area contributed by atoms with Crippen LogP contribution in [0.5, 0.6) is 0 Å². The molecule has 0 radical (unpaired) electrons. The fraction of sp³-hybridized carbons (Fsp3) is 0.467. The van der Waals surface area contributed by atoms with Crippen molar-refractivity contribution in [3.63, 3.8) is 0 Å². The normalized spacial score (nSPS) is 18.6. The Morgan fingerprint density at radius 3 is 2.45 bits per heavy atom. The lowest BCUT2D eigenvalue weighted by Gasteiger charge is -2.14. The zero-order chi connectivity index (χ0) is 16.3. The summed E-state index contributed by atoms with van der Waals surface area (Å²) in [7, 11) is 0. The van der Waals surface area contributed by atoms with E-state index < -0.39 is 17.6 Å². The summed E-state index contributed by atoms with van der Waals surface area (Å²) in [4.78, 5) is 25.2. The lowest BCUT2D eigenvalue weighted by atomic mass is 10.1. The Kier molecular flexibility index (Phi) is 4.73.